The molecular weight excluding hydrogens is 258 g/mol. The molecule has 0 aliphatic carbocycles. The van der Waals surface area contributed by atoms with E-state index in [0.29, 0.717) is 5.69 Å². The van der Waals surface area contributed by atoms with Gasteiger partial charge in [-0.05, 0) is 6.92 Å². The highest BCUT2D eigenvalue weighted by Gasteiger charge is 2.09. The number of amides is 2. The quantitative estimate of drug-likeness (QED) is 0.634. The number of thiazole rings is 1. The van der Waals surface area contributed by atoms with Crippen LogP contribution in [0.1, 0.15) is 10.7 Å². The van der Waals surface area contributed by atoms with Gasteiger partial charge in [0.25, 0.3) is 0 Å². The second-order valence-corrected chi connectivity index (χ2v) is 4.54. The lowest BCUT2D eigenvalue weighted by Gasteiger charge is -2.04. The van der Waals surface area contributed by atoms with Crippen LogP contribution in [0.5, 0.6) is 0 Å². The monoisotopic (exact) mass is 271 g/mol. The van der Waals surface area contributed by atoms with E-state index in [2.05, 4.69) is 15.6 Å². The van der Waals surface area contributed by atoms with Crippen molar-refractivity contribution in [2.75, 3.05) is 13.1 Å². The van der Waals surface area contributed by atoms with Gasteiger partial charge < -0.3 is 15.7 Å². The molecule has 0 aromatic carbocycles. The molecule has 0 spiro atoms. The number of carboxylic acid groups (broad SMARTS) is 1. The van der Waals surface area contributed by atoms with E-state index in [4.69, 9.17) is 5.11 Å². The Morgan fingerprint density at radius 1 is 1.28 bits per heavy atom. The first kappa shape index (κ1) is 14.1. The van der Waals surface area contributed by atoms with Gasteiger partial charge in [-0.3, -0.25) is 14.4 Å². The van der Waals surface area contributed by atoms with E-state index in [1.165, 1.54) is 11.3 Å². The Morgan fingerprint density at radius 2 is 1.94 bits per heavy atom. The van der Waals surface area contributed by atoms with Crippen LogP contribution in [-0.2, 0) is 20.8 Å². The average molecular weight is 271 g/mol. The van der Waals surface area contributed by atoms with Crippen LogP contribution in [0.25, 0.3) is 0 Å². The minimum atomic E-state index is -1.13. The summed E-state index contributed by atoms with van der Waals surface area (Å²) in [6, 6.07) is 0. The standard InChI is InChI=1S/C10H13N3O4S/c1-6-13-7(5-18-6)2-8(14)11-3-9(15)12-4-10(16)17/h5H,2-4H2,1H3,(H,11,14)(H,12,15)(H,16,17). The summed E-state index contributed by atoms with van der Waals surface area (Å²) >= 11 is 1.45. The number of hydrogen-bond acceptors (Lipinski definition) is 5. The number of aryl methyl sites for hydroxylation is 1. The summed E-state index contributed by atoms with van der Waals surface area (Å²) in [6.07, 6.45) is 0.108. The molecule has 1 aromatic heterocycles. The van der Waals surface area contributed by atoms with Crippen LogP contribution < -0.4 is 10.6 Å². The van der Waals surface area contributed by atoms with Gasteiger partial charge in [-0.25, -0.2) is 4.98 Å². The van der Waals surface area contributed by atoms with Crippen molar-refractivity contribution in [1.82, 2.24) is 15.6 Å². The van der Waals surface area contributed by atoms with Gasteiger partial charge in [0.05, 0.1) is 23.7 Å². The highest BCUT2D eigenvalue weighted by atomic mass is 32.1. The van der Waals surface area contributed by atoms with Crippen molar-refractivity contribution >= 4 is 29.1 Å². The zero-order valence-corrected chi connectivity index (χ0v) is 10.5. The molecule has 8 heteroatoms. The van der Waals surface area contributed by atoms with Crippen molar-refractivity contribution in [1.29, 1.82) is 0 Å². The fraction of sp³-hybridized carbons (Fsp3) is 0.400. The molecule has 0 aliphatic rings. The van der Waals surface area contributed by atoms with Gasteiger partial charge in [-0.15, -0.1) is 11.3 Å². The Bertz CT molecular complexity index is 458. The number of nitrogens with one attached hydrogen (secondary N) is 2. The molecule has 1 heterocycles. The van der Waals surface area contributed by atoms with E-state index < -0.39 is 18.4 Å². The first-order valence-electron chi connectivity index (χ1n) is 5.13. The van der Waals surface area contributed by atoms with Gasteiger partial charge in [-0.2, -0.15) is 0 Å². The van der Waals surface area contributed by atoms with E-state index >= 15 is 0 Å². The van der Waals surface area contributed by atoms with Crippen LogP contribution in [0.2, 0.25) is 0 Å². The van der Waals surface area contributed by atoms with E-state index in [-0.39, 0.29) is 18.9 Å². The van der Waals surface area contributed by atoms with Gasteiger partial charge in [0.15, 0.2) is 0 Å². The summed E-state index contributed by atoms with van der Waals surface area (Å²) < 4.78 is 0. The third-order valence-corrected chi connectivity index (χ3v) is 2.71. The topological polar surface area (TPSA) is 108 Å². The molecule has 0 fully saturated rings. The molecule has 7 nitrogen and oxygen atoms in total. The van der Waals surface area contributed by atoms with E-state index in [9.17, 15) is 14.4 Å². The normalized spacial score (nSPS) is 9.83. The molecule has 0 saturated heterocycles. The maximum Gasteiger partial charge on any atom is 0.322 e. The third-order valence-electron chi connectivity index (χ3n) is 1.89. The molecule has 0 unspecified atom stereocenters. The van der Waals surface area contributed by atoms with E-state index in [0.717, 1.165) is 5.01 Å². The first-order chi connectivity index (χ1) is 8.47. The molecule has 0 radical (unpaired) electrons. The highest BCUT2D eigenvalue weighted by Crippen LogP contribution is 2.07. The number of aromatic nitrogens is 1. The van der Waals surface area contributed by atoms with Crippen LogP contribution >= 0.6 is 11.3 Å². The molecule has 18 heavy (non-hydrogen) atoms. The van der Waals surface area contributed by atoms with Crippen LogP contribution in [0.15, 0.2) is 5.38 Å². The number of carboxylic acids is 1. The van der Waals surface area contributed by atoms with Gasteiger partial charge in [0.1, 0.15) is 6.54 Å². The molecule has 1 aromatic rings. The predicted molar refractivity (Wildman–Crippen MR) is 64.2 cm³/mol. The van der Waals surface area contributed by atoms with Crippen LogP contribution in [0.4, 0.5) is 0 Å². The lowest BCUT2D eigenvalue weighted by atomic mass is 10.3. The summed E-state index contributed by atoms with van der Waals surface area (Å²) in [4.78, 5) is 36.8. The molecule has 0 saturated carbocycles. The van der Waals surface area contributed by atoms with Crippen molar-refractivity contribution in [2.24, 2.45) is 0 Å². The minimum Gasteiger partial charge on any atom is -0.480 e. The fourth-order valence-electron chi connectivity index (χ4n) is 1.13. The predicted octanol–water partition coefficient (Wildman–Crippen LogP) is -0.689. The molecule has 3 N–H and O–H groups in total. The van der Waals surface area contributed by atoms with E-state index in [1.54, 1.807) is 5.38 Å². The molecule has 0 atom stereocenters. The van der Waals surface area contributed by atoms with E-state index in [1.807, 2.05) is 6.92 Å². The van der Waals surface area contributed by atoms with Gasteiger partial charge >= 0.3 is 5.97 Å². The Hall–Kier alpha value is -1.96. The van der Waals surface area contributed by atoms with Crippen LogP contribution in [-0.4, -0.2) is 41.0 Å². The van der Waals surface area contributed by atoms with Crippen LogP contribution in [0.3, 0.4) is 0 Å². The second kappa shape index (κ2) is 6.70. The molecule has 1 rings (SSSR count). The SMILES string of the molecule is Cc1nc(CC(=O)NCC(=O)NCC(=O)O)cs1. The largest absolute Gasteiger partial charge is 0.480 e. The summed E-state index contributed by atoms with van der Waals surface area (Å²) in [6.45, 7) is 1.14. The van der Waals surface area contributed by atoms with Gasteiger partial charge in [0, 0.05) is 5.38 Å². The summed E-state index contributed by atoms with van der Waals surface area (Å²) in [7, 11) is 0. The first-order valence-corrected chi connectivity index (χ1v) is 6.01. The summed E-state index contributed by atoms with van der Waals surface area (Å²) in [5.74, 6) is -2.00. The van der Waals surface area contributed by atoms with Crippen molar-refractivity contribution in [2.45, 2.75) is 13.3 Å². The van der Waals surface area contributed by atoms with Crippen LogP contribution in [0, 0.1) is 6.92 Å². The number of rotatable bonds is 6. The molecule has 0 bridgehead atoms. The molecular formula is C10H13N3O4S. The maximum atomic E-state index is 11.4. The van der Waals surface area contributed by atoms with Crippen molar-refractivity contribution < 1.29 is 19.5 Å². The Morgan fingerprint density at radius 3 is 2.50 bits per heavy atom. The lowest BCUT2D eigenvalue weighted by Crippen LogP contribution is -2.39. The summed E-state index contributed by atoms with van der Waals surface area (Å²) in [5.41, 5.74) is 0.654. The Labute approximate surface area is 107 Å². The summed E-state index contributed by atoms with van der Waals surface area (Å²) in [5, 5.41) is 15.5. The minimum absolute atomic E-state index is 0.108. The smallest absolute Gasteiger partial charge is 0.322 e. The molecule has 2 amide bonds. The zero-order valence-electron chi connectivity index (χ0n) is 9.73. The molecule has 0 aliphatic heterocycles. The average Bonchev–Trinajstić information content (AvgIpc) is 2.69. The molecule has 98 valence electrons. The number of carbonyl (C=O) groups is 3. The Kier molecular flexibility index (Phi) is 5.25. The van der Waals surface area contributed by atoms with Crippen molar-refractivity contribution in [3.05, 3.63) is 16.1 Å². The van der Waals surface area contributed by atoms with Crippen molar-refractivity contribution in [3.63, 3.8) is 0 Å². The Balaban J connectivity index is 2.24. The maximum absolute atomic E-state index is 11.4. The number of hydrogen-bond donors (Lipinski definition) is 3. The number of aliphatic carboxylic acids is 1. The fourth-order valence-corrected chi connectivity index (χ4v) is 1.74. The van der Waals surface area contributed by atoms with Crippen molar-refractivity contribution in [3.8, 4) is 0 Å². The third kappa shape index (κ3) is 5.39. The highest BCUT2D eigenvalue weighted by molar-refractivity contribution is 7.09. The number of nitrogens with zero attached hydrogens (tertiary/aromatic N) is 1. The van der Waals surface area contributed by atoms with Gasteiger partial charge in [-0.1, -0.05) is 0 Å². The second-order valence-electron chi connectivity index (χ2n) is 3.48. The van der Waals surface area contributed by atoms with Gasteiger partial charge in [0.2, 0.25) is 11.8 Å². The number of carbonyl (C=O) groups excluding carboxylic acids is 2. The lowest BCUT2D eigenvalue weighted by molar-refractivity contribution is -0.137. The zero-order chi connectivity index (χ0) is 13.5.